The molecule has 172 valence electrons. The van der Waals surface area contributed by atoms with Crippen LogP contribution in [0.25, 0.3) is 0 Å². The van der Waals surface area contributed by atoms with Crippen LogP contribution in [0.4, 0.5) is 0 Å². The van der Waals surface area contributed by atoms with E-state index >= 15 is 0 Å². The lowest BCUT2D eigenvalue weighted by molar-refractivity contribution is -0.146. The van der Waals surface area contributed by atoms with Crippen LogP contribution in [0, 0.1) is 11.3 Å². The van der Waals surface area contributed by atoms with Gasteiger partial charge >= 0.3 is 5.97 Å². The Morgan fingerprint density at radius 2 is 1.76 bits per heavy atom. The summed E-state index contributed by atoms with van der Waals surface area (Å²) in [5, 5.41) is 0. The van der Waals surface area contributed by atoms with E-state index in [1.807, 2.05) is 61.5 Å². The van der Waals surface area contributed by atoms with E-state index < -0.39 is 11.8 Å². The number of Topliss-reactive ketones (excluding diaryl/α,β-unsaturated/α-hetero) is 1. The highest BCUT2D eigenvalue weighted by atomic mass is 16.5. The first kappa shape index (κ1) is 23.0. The van der Waals surface area contributed by atoms with Crippen LogP contribution in [-0.4, -0.2) is 31.2 Å². The number of carbonyl (C=O) groups is 2. The molecule has 0 N–H and O–H groups in total. The number of rotatable bonds is 6. The monoisotopic (exact) mass is 445 g/mol. The van der Waals surface area contributed by atoms with Gasteiger partial charge in [0, 0.05) is 35.7 Å². The van der Waals surface area contributed by atoms with E-state index in [1.54, 1.807) is 7.11 Å². The van der Waals surface area contributed by atoms with Gasteiger partial charge in [-0.15, -0.1) is 0 Å². The summed E-state index contributed by atoms with van der Waals surface area (Å²) in [6.07, 6.45) is 1.81. The lowest BCUT2D eigenvalue weighted by Gasteiger charge is -2.39. The summed E-state index contributed by atoms with van der Waals surface area (Å²) in [5.74, 6) is -0.570. The maximum atomic E-state index is 13.4. The number of aliphatic imine (C=N–C) groups is 1. The minimum Gasteiger partial charge on any atom is -0.497 e. The first-order chi connectivity index (χ1) is 15.8. The minimum absolute atomic E-state index is 0.0698. The Labute approximate surface area is 195 Å². The molecule has 5 nitrogen and oxygen atoms in total. The second-order valence-electron chi connectivity index (χ2n) is 9.69. The third-order valence-corrected chi connectivity index (χ3v) is 6.51. The third-order valence-electron chi connectivity index (χ3n) is 6.51. The molecule has 0 spiro atoms. The van der Waals surface area contributed by atoms with E-state index in [9.17, 15) is 9.59 Å². The van der Waals surface area contributed by atoms with E-state index in [4.69, 9.17) is 14.5 Å². The van der Waals surface area contributed by atoms with Gasteiger partial charge in [-0.2, -0.15) is 0 Å². The molecule has 0 saturated carbocycles. The predicted octanol–water partition coefficient (Wildman–Crippen LogP) is 5.30. The van der Waals surface area contributed by atoms with Crippen molar-refractivity contribution >= 4 is 17.5 Å². The van der Waals surface area contributed by atoms with Gasteiger partial charge < -0.3 is 9.47 Å². The number of carbonyl (C=O) groups excluding carboxylic acids is 2. The molecule has 0 aromatic heterocycles. The number of allylic oxidation sites excluding steroid dienone is 2. The summed E-state index contributed by atoms with van der Waals surface area (Å²) >= 11 is 0. The zero-order chi connectivity index (χ0) is 23.6. The molecule has 4 rings (SSSR count). The Bertz CT molecular complexity index is 1100. The molecule has 2 aromatic carbocycles. The molecule has 2 aliphatic rings. The highest BCUT2D eigenvalue weighted by Gasteiger charge is 2.46. The van der Waals surface area contributed by atoms with E-state index in [1.165, 1.54) is 0 Å². The molecule has 5 heteroatoms. The smallest absolute Gasteiger partial charge is 0.315 e. The second-order valence-corrected chi connectivity index (χ2v) is 9.69. The van der Waals surface area contributed by atoms with Gasteiger partial charge in [-0.1, -0.05) is 56.3 Å². The van der Waals surface area contributed by atoms with Gasteiger partial charge in [0.1, 0.15) is 11.7 Å². The van der Waals surface area contributed by atoms with Crippen LogP contribution in [0.2, 0.25) is 0 Å². The van der Waals surface area contributed by atoms with Crippen molar-refractivity contribution in [2.45, 2.75) is 46.0 Å². The maximum absolute atomic E-state index is 13.4. The fourth-order valence-electron chi connectivity index (χ4n) is 4.93. The van der Waals surface area contributed by atoms with Gasteiger partial charge in [-0.3, -0.25) is 14.6 Å². The van der Waals surface area contributed by atoms with Gasteiger partial charge in [0.05, 0.1) is 13.7 Å². The lowest BCUT2D eigenvalue weighted by Crippen LogP contribution is -2.39. The van der Waals surface area contributed by atoms with Crippen LogP contribution in [0.15, 0.2) is 70.9 Å². The predicted molar refractivity (Wildman–Crippen MR) is 128 cm³/mol. The number of ether oxygens (including phenoxy) is 2. The zero-order valence-corrected chi connectivity index (χ0v) is 19.8. The molecular formula is C28H31NO4. The molecule has 2 atom stereocenters. The summed E-state index contributed by atoms with van der Waals surface area (Å²) in [4.78, 5) is 31.5. The van der Waals surface area contributed by atoms with E-state index in [0.717, 1.165) is 22.6 Å². The molecule has 0 saturated heterocycles. The molecule has 0 radical (unpaired) electrons. The fraction of sp³-hybridized carbons (Fsp3) is 0.393. The highest BCUT2D eigenvalue weighted by molar-refractivity contribution is 6.09. The number of hydrogen-bond donors (Lipinski definition) is 0. The van der Waals surface area contributed by atoms with Crippen molar-refractivity contribution in [3.63, 3.8) is 0 Å². The standard InChI is InChI=1S/C28H31NO4/c1-18-24(27(31)33-15-14-19-8-6-5-7-9-19)25(20-10-12-21(32-4)13-11-20)26-22(29-18)16-28(2,3)17-23(26)30/h5-13,24-25H,14-17H2,1-4H3/t24?,25-/m0/s1. The van der Waals surface area contributed by atoms with Crippen LogP contribution in [0.5, 0.6) is 5.75 Å². The van der Waals surface area contributed by atoms with Crippen LogP contribution >= 0.6 is 0 Å². The third kappa shape index (κ3) is 4.92. The molecule has 2 aromatic rings. The van der Waals surface area contributed by atoms with Gasteiger partial charge in [0.15, 0.2) is 5.78 Å². The molecule has 1 unspecified atom stereocenters. The summed E-state index contributed by atoms with van der Waals surface area (Å²) in [7, 11) is 1.62. The topological polar surface area (TPSA) is 65.0 Å². The SMILES string of the molecule is COc1ccc([C@@H]2C3=C(CC(C)(C)CC3=O)N=C(C)C2C(=O)OCCc2ccccc2)cc1. The Morgan fingerprint density at radius 1 is 1.06 bits per heavy atom. The molecule has 0 amide bonds. The van der Waals surface area contributed by atoms with E-state index in [2.05, 4.69) is 13.8 Å². The normalized spacial score (nSPS) is 21.8. The number of esters is 1. The summed E-state index contributed by atoms with van der Waals surface area (Å²) in [6.45, 7) is 6.34. The van der Waals surface area contributed by atoms with Crippen molar-refractivity contribution in [3.05, 3.63) is 77.0 Å². The summed E-state index contributed by atoms with van der Waals surface area (Å²) in [6, 6.07) is 17.5. The molecule has 1 aliphatic heterocycles. The molecule has 0 fully saturated rings. The number of benzene rings is 2. The van der Waals surface area contributed by atoms with Gasteiger partial charge in [0.25, 0.3) is 0 Å². The first-order valence-corrected chi connectivity index (χ1v) is 11.4. The average Bonchev–Trinajstić information content (AvgIpc) is 2.78. The fourth-order valence-corrected chi connectivity index (χ4v) is 4.93. The Balaban J connectivity index is 1.65. The quantitative estimate of drug-likeness (QED) is 0.566. The van der Waals surface area contributed by atoms with Crippen molar-refractivity contribution in [3.8, 4) is 5.75 Å². The average molecular weight is 446 g/mol. The Hall–Kier alpha value is -3.21. The van der Waals surface area contributed by atoms with Crippen LogP contribution < -0.4 is 4.74 Å². The number of methoxy groups -OCH3 is 1. The summed E-state index contributed by atoms with van der Waals surface area (Å²) in [5.41, 5.74) is 4.03. The van der Waals surface area contributed by atoms with E-state index in [-0.39, 0.29) is 23.8 Å². The number of hydrogen-bond acceptors (Lipinski definition) is 5. The lowest BCUT2D eigenvalue weighted by atomic mass is 9.67. The molecule has 33 heavy (non-hydrogen) atoms. The Morgan fingerprint density at radius 3 is 2.42 bits per heavy atom. The van der Waals surface area contributed by atoms with Crippen molar-refractivity contribution in [2.75, 3.05) is 13.7 Å². The zero-order valence-electron chi connectivity index (χ0n) is 19.8. The number of ketones is 1. The van der Waals surface area contributed by atoms with Crippen LogP contribution in [-0.2, 0) is 20.7 Å². The van der Waals surface area contributed by atoms with Crippen LogP contribution in [0.3, 0.4) is 0 Å². The molecular weight excluding hydrogens is 414 g/mol. The summed E-state index contributed by atoms with van der Waals surface area (Å²) < 4.78 is 11.0. The van der Waals surface area contributed by atoms with Crippen LogP contribution in [0.1, 0.15) is 50.7 Å². The van der Waals surface area contributed by atoms with E-state index in [0.29, 0.717) is 30.5 Å². The minimum atomic E-state index is -0.627. The molecule has 1 heterocycles. The first-order valence-electron chi connectivity index (χ1n) is 11.4. The van der Waals surface area contributed by atoms with Crippen molar-refractivity contribution < 1.29 is 19.1 Å². The molecule has 0 bridgehead atoms. The largest absolute Gasteiger partial charge is 0.497 e. The highest BCUT2D eigenvalue weighted by Crippen LogP contribution is 2.48. The van der Waals surface area contributed by atoms with Crippen molar-refractivity contribution in [1.29, 1.82) is 0 Å². The molecule has 1 aliphatic carbocycles. The van der Waals surface area contributed by atoms with Crippen molar-refractivity contribution in [1.82, 2.24) is 0 Å². The maximum Gasteiger partial charge on any atom is 0.315 e. The van der Waals surface area contributed by atoms with Gasteiger partial charge in [-0.25, -0.2) is 0 Å². The van der Waals surface area contributed by atoms with Gasteiger partial charge in [-0.05, 0) is 42.0 Å². The Kier molecular flexibility index (Phi) is 6.50. The second kappa shape index (κ2) is 9.34. The van der Waals surface area contributed by atoms with Gasteiger partial charge in [0.2, 0.25) is 0 Å². The van der Waals surface area contributed by atoms with Crippen molar-refractivity contribution in [2.24, 2.45) is 16.3 Å². The number of nitrogens with zero attached hydrogens (tertiary/aromatic N) is 1.